The molecule has 0 heterocycles. The smallest absolute Gasteiger partial charge is 0.315 e. The third-order valence-corrected chi connectivity index (χ3v) is 2.66. The van der Waals surface area contributed by atoms with Gasteiger partial charge < -0.3 is 20.6 Å². The van der Waals surface area contributed by atoms with E-state index in [9.17, 15) is 4.79 Å². The van der Waals surface area contributed by atoms with Gasteiger partial charge in [0.2, 0.25) is 0 Å². The SMILES string of the molecule is CN(C)Cc1ccccc1CNC(=O)NCCCO. The molecule has 0 aliphatic carbocycles. The molecule has 0 radical (unpaired) electrons. The van der Waals surface area contributed by atoms with Crippen LogP contribution in [0, 0.1) is 0 Å². The number of carbonyl (C=O) groups excluding carboxylic acids is 1. The van der Waals surface area contributed by atoms with E-state index < -0.39 is 0 Å². The van der Waals surface area contributed by atoms with Crippen LogP contribution in [0.25, 0.3) is 0 Å². The van der Waals surface area contributed by atoms with Crippen molar-refractivity contribution in [1.29, 1.82) is 0 Å². The Kier molecular flexibility index (Phi) is 6.92. The maximum absolute atomic E-state index is 11.5. The Balaban J connectivity index is 2.46. The van der Waals surface area contributed by atoms with Crippen molar-refractivity contribution in [3.8, 4) is 0 Å². The zero-order valence-corrected chi connectivity index (χ0v) is 11.6. The predicted octanol–water partition coefficient (Wildman–Crippen LogP) is 0.930. The second-order valence-corrected chi connectivity index (χ2v) is 4.69. The van der Waals surface area contributed by atoms with E-state index in [1.807, 2.05) is 32.3 Å². The van der Waals surface area contributed by atoms with Crippen molar-refractivity contribution >= 4 is 6.03 Å². The molecule has 0 aliphatic rings. The number of rotatable bonds is 7. The lowest BCUT2D eigenvalue weighted by Crippen LogP contribution is -2.36. The predicted molar refractivity (Wildman–Crippen MR) is 75.8 cm³/mol. The molecular weight excluding hydrogens is 242 g/mol. The van der Waals surface area contributed by atoms with Crippen LogP contribution < -0.4 is 10.6 Å². The molecule has 19 heavy (non-hydrogen) atoms. The summed E-state index contributed by atoms with van der Waals surface area (Å²) >= 11 is 0. The van der Waals surface area contributed by atoms with Gasteiger partial charge in [-0.25, -0.2) is 4.79 Å². The average molecular weight is 265 g/mol. The highest BCUT2D eigenvalue weighted by molar-refractivity contribution is 5.73. The van der Waals surface area contributed by atoms with Crippen LogP contribution in [-0.2, 0) is 13.1 Å². The maximum Gasteiger partial charge on any atom is 0.315 e. The standard InChI is InChI=1S/C14H23N3O2/c1-17(2)11-13-7-4-3-6-12(13)10-16-14(19)15-8-5-9-18/h3-4,6-7,18H,5,8-11H2,1-2H3,(H2,15,16,19). The molecule has 0 spiro atoms. The number of hydrogen-bond donors (Lipinski definition) is 3. The first-order chi connectivity index (χ1) is 9.13. The topological polar surface area (TPSA) is 64.6 Å². The van der Waals surface area contributed by atoms with Crippen LogP contribution in [0.2, 0.25) is 0 Å². The Labute approximate surface area is 114 Å². The normalized spacial score (nSPS) is 10.5. The van der Waals surface area contributed by atoms with Crippen LogP contribution in [0.5, 0.6) is 0 Å². The van der Waals surface area contributed by atoms with E-state index in [4.69, 9.17) is 5.11 Å². The molecular formula is C14H23N3O2. The van der Waals surface area contributed by atoms with Gasteiger partial charge in [-0.2, -0.15) is 0 Å². The Morgan fingerprint density at radius 3 is 2.53 bits per heavy atom. The van der Waals surface area contributed by atoms with Crippen LogP contribution in [0.1, 0.15) is 17.5 Å². The minimum Gasteiger partial charge on any atom is -0.396 e. The Bertz CT molecular complexity index is 394. The molecule has 0 aromatic heterocycles. The van der Waals surface area contributed by atoms with E-state index in [0.29, 0.717) is 19.5 Å². The van der Waals surface area contributed by atoms with Crippen molar-refractivity contribution in [2.75, 3.05) is 27.2 Å². The maximum atomic E-state index is 11.5. The zero-order chi connectivity index (χ0) is 14.1. The van der Waals surface area contributed by atoms with Gasteiger partial charge in [0, 0.05) is 26.2 Å². The van der Waals surface area contributed by atoms with Crippen LogP contribution in [-0.4, -0.2) is 43.3 Å². The van der Waals surface area contributed by atoms with Crippen molar-refractivity contribution in [3.63, 3.8) is 0 Å². The Morgan fingerprint density at radius 1 is 1.21 bits per heavy atom. The van der Waals surface area contributed by atoms with Gasteiger partial charge in [0.15, 0.2) is 0 Å². The molecule has 0 aliphatic heterocycles. The van der Waals surface area contributed by atoms with Crippen LogP contribution >= 0.6 is 0 Å². The third kappa shape index (κ3) is 6.22. The number of nitrogens with one attached hydrogen (secondary N) is 2. The highest BCUT2D eigenvalue weighted by Crippen LogP contribution is 2.10. The summed E-state index contributed by atoms with van der Waals surface area (Å²) in [6.45, 7) is 1.94. The molecule has 5 nitrogen and oxygen atoms in total. The summed E-state index contributed by atoms with van der Waals surface area (Å²) in [5, 5.41) is 14.1. The number of aliphatic hydroxyl groups is 1. The molecule has 106 valence electrons. The number of amides is 2. The summed E-state index contributed by atoms with van der Waals surface area (Å²) in [7, 11) is 4.04. The first kappa shape index (κ1) is 15.5. The van der Waals surface area contributed by atoms with E-state index in [1.165, 1.54) is 5.56 Å². The monoisotopic (exact) mass is 265 g/mol. The molecule has 0 unspecified atom stereocenters. The quantitative estimate of drug-likeness (QED) is 0.643. The second-order valence-electron chi connectivity index (χ2n) is 4.69. The fraction of sp³-hybridized carbons (Fsp3) is 0.500. The fourth-order valence-electron chi connectivity index (χ4n) is 1.74. The number of carbonyl (C=O) groups is 1. The van der Waals surface area contributed by atoms with Gasteiger partial charge in [-0.3, -0.25) is 0 Å². The second kappa shape index (κ2) is 8.50. The van der Waals surface area contributed by atoms with Gasteiger partial charge in [-0.1, -0.05) is 24.3 Å². The Hall–Kier alpha value is -1.59. The summed E-state index contributed by atoms with van der Waals surface area (Å²) in [5.74, 6) is 0. The average Bonchev–Trinajstić information content (AvgIpc) is 2.37. The van der Waals surface area contributed by atoms with E-state index in [2.05, 4.69) is 21.6 Å². The van der Waals surface area contributed by atoms with Gasteiger partial charge in [0.1, 0.15) is 0 Å². The van der Waals surface area contributed by atoms with E-state index in [0.717, 1.165) is 12.1 Å². The first-order valence-electron chi connectivity index (χ1n) is 6.47. The number of nitrogens with zero attached hydrogens (tertiary/aromatic N) is 1. The Morgan fingerprint density at radius 2 is 1.89 bits per heavy atom. The van der Waals surface area contributed by atoms with Crippen molar-refractivity contribution in [3.05, 3.63) is 35.4 Å². The molecule has 0 bridgehead atoms. The number of urea groups is 1. The van der Waals surface area contributed by atoms with Crippen LogP contribution in [0.3, 0.4) is 0 Å². The molecule has 0 saturated carbocycles. The fourth-order valence-corrected chi connectivity index (χ4v) is 1.74. The summed E-state index contributed by atoms with van der Waals surface area (Å²) in [4.78, 5) is 13.6. The molecule has 1 rings (SSSR count). The summed E-state index contributed by atoms with van der Waals surface area (Å²) < 4.78 is 0. The van der Waals surface area contributed by atoms with Gasteiger partial charge in [0.05, 0.1) is 0 Å². The third-order valence-electron chi connectivity index (χ3n) is 2.66. The van der Waals surface area contributed by atoms with Gasteiger partial charge >= 0.3 is 6.03 Å². The summed E-state index contributed by atoms with van der Waals surface area (Å²) in [6, 6.07) is 7.87. The van der Waals surface area contributed by atoms with E-state index in [1.54, 1.807) is 0 Å². The highest BCUT2D eigenvalue weighted by atomic mass is 16.3. The lowest BCUT2D eigenvalue weighted by Gasteiger charge is -2.14. The minimum absolute atomic E-state index is 0.0892. The van der Waals surface area contributed by atoms with Gasteiger partial charge in [0.25, 0.3) is 0 Å². The number of hydrogen-bond acceptors (Lipinski definition) is 3. The summed E-state index contributed by atoms with van der Waals surface area (Å²) in [5.41, 5.74) is 2.33. The minimum atomic E-state index is -0.201. The molecule has 1 aromatic carbocycles. The van der Waals surface area contributed by atoms with Crippen LogP contribution in [0.4, 0.5) is 4.79 Å². The lowest BCUT2D eigenvalue weighted by molar-refractivity contribution is 0.237. The lowest BCUT2D eigenvalue weighted by atomic mass is 10.1. The number of aliphatic hydroxyl groups excluding tert-OH is 1. The molecule has 3 N–H and O–H groups in total. The van der Waals surface area contributed by atoms with Gasteiger partial charge in [-0.05, 0) is 31.6 Å². The molecule has 0 fully saturated rings. The zero-order valence-electron chi connectivity index (χ0n) is 11.6. The largest absolute Gasteiger partial charge is 0.396 e. The van der Waals surface area contributed by atoms with Crippen molar-refractivity contribution in [2.24, 2.45) is 0 Å². The van der Waals surface area contributed by atoms with E-state index in [-0.39, 0.29) is 12.6 Å². The molecule has 2 amide bonds. The highest BCUT2D eigenvalue weighted by Gasteiger charge is 2.05. The molecule has 0 atom stereocenters. The first-order valence-corrected chi connectivity index (χ1v) is 6.47. The summed E-state index contributed by atoms with van der Waals surface area (Å²) in [6.07, 6.45) is 0.574. The van der Waals surface area contributed by atoms with Crippen molar-refractivity contribution < 1.29 is 9.90 Å². The van der Waals surface area contributed by atoms with Crippen molar-refractivity contribution in [1.82, 2.24) is 15.5 Å². The molecule has 1 aromatic rings. The number of benzene rings is 1. The van der Waals surface area contributed by atoms with Gasteiger partial charge in [-0.15, -0.1) is 0 Å². The molecule has 5 heteroatoms. The van der Waals surface area contributed by atoms with E-state index >= 15 is 0 Å². The molecule has 0 saturated heterocycles. The van der Waals surface area contributed by atoms with Crippen LogP contribution in [0.15, 0.2) is 24.3 Å². The van der Waals surface area contributed by atoms with Crippen molar-refractivity contribution in [2.45, 2.75) is 19.5 Å².